The number of nitrogens with one attached hydrogen (secondary N) is 1. The number of hydrazine groups is 1. The molecule has 6 heteroatoms. The summed E-state index contributed by atoms with van der Waals surface area (Å²) in [4.78, 5) is 19.5. The molecule has 0 radical (unpaired) electrons. The van der Waals surface area contributed by atoms with E-state index in [1.165, 1.54) is 11.3 Å². The van der Waals surface area contributed by atoms with E-state index in [0.29, 0.717) is 10.7 Å². The van der Waals surface area contributed by atoms with Crippen molar-refractivity contribution in [2.24, 2.45) is 0 Å². The lowest BCUT2D eigenvalue weighted by Gasteiger charge is -2.15. The van der Waals surface area contributed by atoms with Crippen LogP contribution in [0.4, 0.5) is 5.13 Å². The number of benzene rings is 2. The molecule has 1 amide bonds. The van der Waals surface area contributed by atoms with Gasteiger partial charge in [-0.05, 0) is 17.7 Å². The largest absolute Gasteiger partial charge is 0.383 e. The molecule has 1 saturated heterocycles. The Morgan fingerprint density at radius 3 is 2.56 bits per heavy atom. The van der Waals surface area contributed by atoms with Crippen LogP contribution in [0, 0.1) is 0 Å². The number of carbonyl (C=O) groups excluding carboxylic acids is 1. The zero-order chi connectivity index (χ0) is 17.4. The minimum absolute atomic E-state index is 0.0680. The van der Waals surface area contributed by atoms with Gasteiger partial charge >= 0.3 is 0 Å². The molecule has 0 unspecified atom stereocenters. The van der Waals surface area contributed by atoms with Crippen LogP contribution in [0.5, 0.6) is 0 Å². The monoisotopic (exact) mass is 350 g/mol. The van der Waals surface area contributed by atoms with Gasteiger partial charge in [0.05, 0.1) is 21.8 Å². The van der Waals surface area contributed by atoms with Gasteiger partial charge < -0.3 is 4.90 Å². The second-order valence-corrected chi connectivity index (χ2v) is 7.13. The molecular formula is C19H18N4OS. The molecule has 2 aromatic carbocycles. The van der Waals surface area contributed by atoms with E-state index in [1.54, 1.807) is 5.01 Å². The lowest BCUT2D eigenvalue weighted by atomic mass is 10.0. The predicted molar refractivity (Wildman–Crippen MR) is 101 cm³/mol. The van der Waals surface area contributed by atoms with Crippen molar-refractivity contribution < 1.29 is 4.79 Å². The lowest BCUT2D eigenvalue weighted by Crippen LogP contribution is -2.35. The summed E-state index contributed by atoms with van der Waals surface area (Å²) >= 11 is 1.51. The minimum Gasteiger partial charge on any atom is -0.383 e. The van der Waals surface area contributed by atoms with Crippen molar-refractivity contribution in [2.75, 3.05) is 19.1 Å². The van der Waals surface area contributed by atoms with Gasteiger partial charge in [-0.2, -0.15) is 0 Å². The van der Waals surface area contributed by atoms with Gasteiger partial charge in [-0.1, -0.05) is 53.8 Å². The summed E-state index contributed by atoms with van der Waals surface area (Å²) < 4.78 is 1.06. The Morgan fingerprint density at radius 2 is 1.84 bits per heavy atom. The first-order chi connectivity index (χ1) is 12.1. The van der Waals surface area contributed by atoms with E-state index in [0.717, 1.165) is 15.8 Å². The summed E-state index contributed by atoms with van der Waals surface area (Å²) in [5.41, 5.74) is 5.98. The van der Waals surface area contributed by atoms with Crippen molar-refractivity contribution in [1.29, 1.82) is 0 Å². The van der Waals surface area contributed by atoms with Crippen LogP contribution >= 0.6 is 11.3 Å². The number of anilines is 1. The number of amides is 1. The Kier molecular flexibility index (Phi) is 3.99. The van der Waals surface area contributed by atoms with Crippen molar-refractivity contribution >= 4 is 32.6 Å². The molecular weight excluding hydrogens is 332 g/mol. The average Bonchev–Trinajstić information content (AvgIpc) is 3.17. The number of hydrogen-bond acceptors (Lipinski definition) is 5. The third kappa shape index (κ3) is 2.90. The third-order valence-corrected chi connectivity index (χ3v) is 5.04. The number of thiazole rings is 1. The number of nitrogens with zero attached hydrogens (tertiary/aromatic N) is 3. The number of para-hydroxylation sites is 1. The highest BCUT2D eigenvalue weighted by molar-refractivity contribution is 7.22. The first kappa shape index (κ1) is 15.8. The number of aromatic nitrogens is 1. The van der Waals surface area contributed by atoms with Gasteiger partial charge in [-0.25, -0.2) is 15.4 Å². The molecule has 1 aliphatic rings. The van der Waals surface area contributed by atoms with Crippen molar-refractivity contribution in [3.8, 4) is 0 Å². The van der Waals surface area contributed by atoms with Gasteiger partial charge in [0.1, 0.15) is 0 Å². The summed E-state index contributed by atoms with van der Waals surface area (Å²) in [6.45, 7) is 0. The maximum Gasteiger partial charge on any atom is 0.274 e. The maximum absolute atomic E-state index is 13.0. The summed E-state index contributed by atoms with van der Waals surface area (Å²) in [5.74, 6) is -0.0680. The van der Waals surface area contributed by atoms with Crippen LogP contribution in [0.2, 0.25) is 0 Å². The molecule has 1 aromatic heterocycles. The van der Waals surface area contributed by atoms with Crippen molar-refractivity contribution in [3.63, 3.8) is 0 Å². The summed E-state index contributed by atoms with van der Waals surface area (Å²) in [5, 5.41) is 2.23. The highest BCUT2D eigenvalue weighted by atomic mass is 32.1. The fourth-order valence-corrected chi connectivity index (χ4v) is 3.85. The first-order valence-electron chi connectivity index (χ1n) is 8.03. The van der Waals surface area contributed by atoms with Gasteiger partial charge in [-0.3, -0.25) is 4.79 Å². The van der Waals surface area contributed by atoms with E-state index >= 15 is 0 Å². The van der Waals surface area contributed by atoms with Crippen LogP contribution in [-0.2, 0) is 4.79 Å². The zero-order valence-corrected chi connectivity index (χ0v) is 14.8. The molecule has 4 rings (SSSR count). The molecule has 1 aliphatic heterocycles. The van der Waals surface area contributed by atoms with E-state index in [1.807, 2.05) is 79.8 Å². The van der Waals surface area contributed by atoms with Crippen LogP contribution in [-0.4, -0.2) is 29.9 Å². The Morgan fingerprint density at radius 1 is 1.12 bits per heavy atom. The molecule has 1 fully saturated rings. The Labute approximate surface area is 150 Å². The molecule has 126 valence electrons. The summed E-state index contributed by atoms with van der Waals surface area (Å²) in [7, 11) is 3.84. The van der Waals surface area contributed by atoms with E-state index < -0.39 is 0 Å². The highest BCUT2D eigenvalue weighted by Crippen LogP contribution is 2.35. The molecule has 0 spiro atoms. The van der Waals surface area contributed by atoms with Crippen LogP contribution < -0.4 is 10.4 Å². The second kappa shape index (κ2) is 6.31. The SMILES string of the molecule is CN(C)/C=C1\C(=O)N(c2nc3ccccc3s2)N[C@@H]1c1ccccc1. The van der Waals surface area contributed by atoms with Crippen molar-refractivity contribution in [2.45, 2.75) is 6.04 Å². The third-order valence-electron chi connectivity index (χ3n) is 4.02. The molecule has 3 aromatic rings. The van der Waals surface area contributed by atoms with Crippen molar-refractivity contribution in [3.05, 3.63) is 71.9 Å². The highest BCUT2D eigenvalue weighted by Gasteiger charge is 2.38. The van der Waals surface area contributed by atoms with Crippen LogP contribution in [0.3, 0.4) is 0 Å². The Balaban J connectivity index is 1.76. The predicted octanol–water partition coefficient (Wildman–Crippen LogP) is 3.33. The van der Waals surface area contributed by atoms with Gasteiger partial charge in [-0.15, -0.1) is 0 Å². The molecule has 0 aliphatic carbocycles. The quantitative estimate of drug-likeness (QED) is 0.736. The number of carbonyl (C=O) groups is 1. The number of fused-ring (bicyclic) bond motifs is 1. The lowest BCUT2D eigenvalue weighted by molar-refractivity contribution is -0.114. The smallest absolute Gasteiger partial charge is 0.274 e. The molecule has 1 atom stereocenters. The van der Waals surface area contributed by atoms with Crippen molar-refractivity contribution in [1.82, 2.24) is 15.3 Å². The molecule has 0 saturated carbocycles. The minimum atomic E-state index is -0.192. The maximum atomic E-state index is 13.0. The standard InChI is InChI=1S/C19H18N4OS/c1-22(2)12-14-17(13-8-4-3-5-9-13)21-23(18(14)24)19-20-15-10-6-7-11-16(15)25-19/h3-12,17,21H,1-2H3/b14-12-/t17-/m1/s1. The molecule has 0 bridgehead atoms. The Bertz CT molecular complexity index is 915. The number of rotatable bonds is 3. The molecule has 1 N–H and O–H groups in total. The van der Waals surface area contributed by atoms with Gasteiger partial charge in [0.15, 0.2) is 0 Å². The first-order valence-corrected chi connectivity index (χ1v) is 8.84. The fourth-order valence-electron chi connectivity index (χ4n) is 2.92. The Hall–Kier alpha value is -2.70. The van der Waals surface area contributed by atoms with Gasteiger partial charge in [0, 0.05) is 20.3 Å². The molecule has 25 heavy (non-hydrogen) atoms. The number of hydrogen-bond donors (Lipinski definition) is 1. The van der Waals surface area contributed by atoms with E-state index in [-0.39, 0.29) is 11.9 Å². The second-order valence-electron chi connectivity index (χ2n) is 6.13. The molecule has 5 nitrogen and oxygen atoms in total. The normalized spacial score (nSPS) is 19.1. The summed E-state index contributed by atoms with van der Waals surface area (Å²) in [6.07, 6.45) is 1.88. The molecule has 2 heterocycles. The van der Waals surface area contributed by atoms with Crippen LogP contribution in [0.25, 0.3) is 10.2 Å². The van der Waals surface area contributed by atoms with E-state index in [9.17, 15) is 4.79 Å². The fraction of sp³-hybridized carbons (Fsp3) is 0.158. The zero-order valence-electron chi connectivity index (χ0n) is 14.0. The van der Waals surface area contributed by atoms with E-state index in [4.69, 9.17) is 0 Å². The van der Waals surface area contributed by atoms with Gasteiger partial charge in [0.2, 0.25) is 5.13 Å². The van der Waals surface area contributed by atoms with Gasteiger partial charge in [0.25, 0.3) is 5.91 Å². The average molecular weight is 350 g/mol. The van der Waals surface area contributed by atoms with Crippen LogP contribution in [0.1, 0.15) is 11.6 Å². The van der Waals surface area contributed by atoms with Crippen LogP contribution in [0.15, 0.2) is 66.4 Å². The summed E-state index contributed by atoms with van der Waals surface area (Å²) in [6, 6.07) is 17.7. The van der Waals surface area contributed by atoms with E-state index in [2.05, 4.69) is 10.4 Å². The topological polar surface area (TPSA) is 48.5 Å².